The number of anilines is 4. The van der Waals surface area contributed by atoms with Gasteiger partial charge < -0.3 is 116 Å². The maximum absolute atomic E-state index is 13.3. The zero-order chi connectivity index (χ0) is 97.6. The van der Waals surface area contributed by atoms with Crippen molar-refractivity contribution < 1.29 is 175 Å². The van der Waals surface area contributed by atoms with Crippen molar-refractivity contribution in [1.29, 1.82) is 0 Å². The number of hydrogen-bond acceptors (Lipinski definition) is 52. The molecule has 30 atom stereocenters. The topological polar surface area (TPSA) is 933 Å². The molecule has 0 aromatic carbocycles. The Morgan fingerprint density at radius 3 is 1.19 bits per heavy atom. The number of aromatic amines is 3. The molecule has 138 heavy (non-hydrogen) atoms. The molecular weight excluding hydrogens is 1980 g/mol. The number of nitrogens with zero attached hydrogens (tertiary/aromatic N) is 20. The average molecular weight is 2060 g/mol. The Kier molecular flexibility index (Phi) is 26.1. The lowest BCUT2D eigenvalue weighted by Crippen LogP contribution is -2.38. The van der Waals surface area contributed by atoms with Gasteiger partial charge in [0.25, 0.3) is 16.7 Å². The second kappa shape index (κ2) is 37.2. The number of fused-ring (bicyclic) bond motifs is 15. The summed E-state index contributed by atoms with van der Waals surface area (Å²) in [5, 5.41) is 74.4. The minimum absolute atomic E-state index is 0.0271. The van der Waals surface area contributed by atoms with Gasteiger partial charge in [0.05, 0.1) is 82.7 Å². The highest BCUT2D eigenvalue weighted by Crippen LogP contribution is 2.60. The fraction of sp³-hybridized carbons (Fsp3) is 0.523. The molecule has 21 heterocycles. The first-order chi connectivity index (χ1) is 65.5. The van der Waals surface area contributed by atoms with E-state index in [2.05, 4.69) is 85.1 Å². The lowest BCUT2D eigenvalue weighted by Gasteiger charge is -2.28. The number of pyridine rings is 2. The van der Waals surface area contributed by atoms with Crippen molar-refractivity contribution in [1.82, 2.24) is 113 Å². The predicted octanol–water partition coefficient (Wildman–Crippen LogP) is -4.88. The molecule has 9 aliphatic rings. The molecular formula is C65H79N27O40P6. The van der Waals surface area contributed by atoms with Gasteiger partial charge in [0.15, 0.2) is 99.4 Å². The maximum atomic E-state index is 13.3. The average Bonchev–Trinajstić information content (AvgIpc) is 1.61. The number of aliphatic hydroxyl groups is 6. The number of nitrogens with one attached hydrogen (secondary N) is 3. The lowest BCUT2D eigenvalue weighted by atomic mass is 10.1. The number of H-pyrrole nitrogens is 3. The van der Waals surface area contributed by atoms with E-state index in [0.717, 1.165) is 42.9 Å². The first kappa shape index (κ1) is 97.0. The minimum Gasteiger partial charge on any atom is -0.397 e. The number of phosphoric ester groups is 6. The van der Waals surface area contributed by atoms with Gasteiger partial charge in [-0.25, -0.2) is 72.2 Å². The number of imidazole rings is 5. The van der Waals surface area contributed by atoms with E-state index in [0.29, 0.717) is 41.8 Å². The highest BCUT2D eigenvalue weighted by Gasteiger charge is 2.60. The van der Waals surface area contributed by atoms with Gasteiger partial charge in [-0.3, -0.25) is 106 Å². The third-order valence-corrected chi connectivity index (χ3v) is 28.7. The molecule has 9 saturated heterocycles. The monoisotopic (exact) mass is 2060 g/mol. The molecule has 744 valence electrons. The Hall–Kier alpha value is -9.89. The fourth-order valence-electron chi connectivity index (χ4n) is 16.4. The summed E-state index contributed by atoms with van der Waals surface area (Å²) in [7, 11) is -29.3. The molecule has 0 aliphatic carbocycles. The summed E-state index contributed by atoms with van der Waals surface area (Å²) in [4.78, 5) is 157. The number of nitrogen functional groups attached to an aromatic ring is 4. The predicted molar refractivity (Wildman–Crippen MR) is 444 cm³/mol. The first-order valence-electron chi connectivity index (χ1n) is 40.6. The van der Waals surface area contributed by atoms with Crippen LogP contribution in [0.15, 0.2) is 76.9 Å². The Balaban J connectivity index is 0.000000132. The minimum atomic E-state index is -5.33. The van der Waals surface area contributed by atoms with Gasteiger partial charge in [-0.05, 0) is 24.1 Å². The fourth-order valence-corrected chi connectivity index (χ4v) is 22.2. The molecule has 6 bridgehead atoms. The molecule has 21 rings (SSSR count). The number of hydrogen-bond donors (Lipinski definition) is 19. The van der Waals surface area contributed by atoms with E-state index in [4.69, 9.17) is 110 Å². The second-order valence-electron chi connectivity index (χ2n) is 31.4. The van der Waals surface area contributed by atoms with Crippen LogP contribution < -0.4 is 39.6 Å². The summed E-state index contributed by atoms with van der Waals surface area (Å²) < 4.78 is 189. The number of rotatable bonds is 10. The highest BCUT2D eigenvalue weighted by atomic mass is 31.2. The molecule has 67 nitrogen and oxygen atoms in total. The molecule has 0 saturated carbocycles. The summed E-state index contributed by atoms with van der Waals surface area (Å²) in [5.41, 5.74) is 23.1. The molecule has 0 amide bonds. The summed E-state index contributed by atoms with van der Waals surface area (Å²) in [5.74, 6) is -0.851. The SMILES string of the molecule is CCc1ccnc2c1ncn2[C@@H]1O[C@@H]2COP(=O)(O)O[C@@H]3[C@H](O)[C@@H](COP(=O)(O)O[C@H]2[C@H]1O)O[C@H]3n1cnc2c(=O)[nH]c(N)nc21.COCCc1ncnc2c1ncn2[C@@H]1O[C@@H]2COP(=O)(O)O[C@@H]3[C@H](O)[C@@H](COP(=O)(O)O[C@H]2[C@H]1O)O[C@H]3n1cnc2c(=O)[nH]c(N)nc21.Nc1nc2c(ncn2[C@@H]2O[C@@H]3COP(=O)(O)O[C@@H]4[C@H](O[C@@H](n5nnc6c(N)ccnc65)[C@@H]4O)OP(=O)(O)O[C@@H]2[C@@H]3O)c(=O)[nH]1. The normalized spacial score (nSPS) is 37.1. The van der Waals surface area contributed by atoms with Gasteiger partial charge in [-0.2, -0.15) is 19.6 Å². The van der Waals surface area contributed by atoms with Crippen molar-refractivity contribution in [2.45, 2.75) is 167 Å². The Morgan fingerprint density at radius 1 is 0.391 bits per heavy atom. The number of nitrogens with two attached hydrogens (primary N) is 4. The van der Waals surface area contributed by atoms with Gasteiger partial charge in [-0.15, -0.1) is 5.10 Å². The lowest BCUT2D eigenvalue weighted by molar-refractivity contribution is -0.143. The number of aryl methyl sites for hydroxylation is 1. The van der Waals surface area contributed by atoms with E-state index in [1.54, 1.807) is 12.3 Å². The maximum Gasteiger partial charge on any atom is 0.475 e. The van der Waals surface area contributed by atoms with Crippen LogP contribution in [0, 0.1) is 0 Å². The highest BCUT2D eigenvalue weighted by molar-refractivity contribution is 7.48. The van der Waals surface area contributed by atoms with Gasteiger partial charge in [0.1, 0.15) is 115 Å². The van der Waals surface area contributed by atoms with Crippen LogP contribution >= 0.6 is 46.9 Å². The number of methoxy groups -OCH3 is 1. The van der Waals surface area contributed by atoms with Crippen LogP contribution in [-0.4, -0.2) is 329 Å². The largest absolute Gasteiger partial charge is 0.475 e. The van der Waals surface area contributed by atoms with Crippen LogP contribution in [0.4, 0.5) is 23.5 Å². The van der Waals surface area contributed by atoms with Gasteiger partial charge in [-0.1, -0.05) is 12.1 Å². The second-order valence-corrected chi connectivity index (χ2v) is 39.8. The van der Waals surface area contributed by atoms with Gasteiger partial charge in [0, 0.05) is 25.9 Å². The van der Waals surface area contributed by atoms with E-state index in [9.17, 15) is 102 Å². The molecule has 0 spiro atoms. The summed E-state index contributed by atoms with van der Waals surface area (Å²) >= 11 is 0. The smallest absolute Gasteiger partial charge is 0.397 e. The quantitative estimate of drug-likeness (QED) is 0.0571. The molecule has 6 unspecified atom stereocenters. The van der Waals surface area contributed by atoms with E-state index < -0.39 is 244 Å². The Morgan fingerprint density at radius 2 is 0.754 bits per heavy atom. The molecule has 12 aromatic heterocycles. The van der Waals surface area contributed by atoms with E-state index in [1.165, 1.54) is 47.5 Å². The number of phosphoric acid groups is 6. The first-order valence-corrected chi connectivity index (χ1v) is 49.6. The van der Waals surface area contributed by atoms with Crippen molar-refractivity contribution in [3.8, 4) is 0 Å². The van der Waals surface area contributed by atoms with E-state index >= 15 is 0 Å². The zero-order valence-corrected chi connectivity index (χ0v) is 75.4. The van der Waals surface area contributed by atoms with Crippen LogP contribution in [-0.2, 0) is 128 Å². The molecule has 73 heteroatoms. The van der Waals surface area contributed by atoms with Crippen LogP contribution in [0.5, 0.6) is 0 Å². The molecule has 23 N–H and O–H groups in total. The summed E-state index contributed by atoms with van der Waals surface area (Å²) in [6.45, 7) is -1.77. The molecule has 0 radical (unpaired) electrons. The van der Waals surface area contributed by atoms with Crippen molar-refractivity contribution in [2.24, 2.45) is 0 Å². The zero-order valence-electron chi connectivity index (χ0n) is 70.0. The standard InChI is InChI=1S/C23H29N9O14P2.C23H28N8O13P2.C19H22N10O13P2/c1-40-3-2-9-12-18(26-6-25-9)31(7-27-12)21-15(34)16-11(44-21)5-42-48(38,39)46-17-14(33)10(4-41-47(36,37)45-16)43-22(17)32-8-28-13-19(32)29-23(24)30-20(13)35;1-2-9-3-4-25-18-12(9)26-7-30(18)21-15(33)16-11(42-21)6-40-46(37,38)44-17-14(32)10(5-39-45(35,36)43-16)41-22(17)31-8-27-13-19(31)28-23(24)29-20(13)34;20-5-1-2-22-13-7(5)26-27-29(13)16-10(31)12-18(39-16)42-44(35,36)40-11-9(30)6(3-37-43(33,34)41-12)38-17(11)28-4-23-8-14(28)24-19(21)25-15(8)32/h6-8,10-11,14-17,21-22,33-34H,2-5H2,1H3,(H,36,37)(H,38,39)(H3,24,29,30,35);3-4,7-8,10-11,14-17,21-22,32-33H,2,5-6H2,1H3,(H,35,36)(H,37,38)(H3,24,28,29,34);1-2,4,6,9-12,16-18,30-31H,3H2,(H2,20,22)(H,33,34)(H,35,36)(H3,21,24,25,32)/t2*10-,11-,14-,15-,16-,17-,21-,22-;6-,9-,10-,11-,12+,16-,17-,18-/m111/s1. The molecule has 9 aliphatic heterocycles. The van der Waals surface area contributed by atoms with Crippen molar-refractivity contribution >= 4 is 137 Å². The van der Waals surface area contributed by atoms with Crippen molar-refractivity contribution in [3.63, 3.8) is 0 Å². The number of ether oxygens (including phenoxy) is 7. The van der Waals surface area contributed by atoms with E-state index in [1.807, 2.05) is 6.92 Å². The van der Waals surface area contributed by atoms with Gasteiger partial charge >= 0.3 is 46.9 Å². The third-order valence-electron chi connectivity index (χ3n) is 22.8. The van der Waals surface area contributed by atoms with Crippen LogP contribution in [0.1, 0.15) is 55.5 Å². The van der Waals surface area contributed by atoms with Crippen LogP contribution in [0.2, 0.25) is 0 Å². The Bertz CT molecular complexity index is 7170. The number of aliphatic hydroxyl groups excluding tert-OH is 6. The van der Waals surface area contributed by atoms with Crippen molar-refractivity contribution in [2.75, 3.05) is 69.7 Å². The van der Waals surface area contributed by atoms with E-state index in [-0.39, 0.29) is 73.8 Å². The Labute approximate surface area is 763 Å². The number of aromatic nitrogens is 23. The summed E-state index contributed by atoms with van der Waals surface area (Å²) in [6, 6.07) is 3.23. The van der Waals surface area contributed by atoms with Crippen LogP contribution in [0.3, 0.4) is 0 Å². The molecule has 9 fully saturated rings. The van der Waals surface area contributed by atoms with Gasteiger partial charge in [0.2, 0.25) is 24.1 Å². The molecule has 12 aromatic rings. The third kappa shape index (κ3) is 18.7. The summed E-state index contributed by atoms with van der Waals surface area (Å²) in [6.07, 6.45) is -27.9. The van der Waals surface area contributed by atoms with Crippen LogP contribution in [0.25, 0.3) is 67.0 Å². The van der Waals surface area contributed by atoms with Crippen molar-refractivity contribution in [3.05, 3.63) is 105 Å².